The molecule has 9 heteroatoms. The molecular formula is C19H29IN4O2S2. The van der Waals surface area contributed by atoms with Crippen molar-refractivity contribution in [3.8, 4) is 0 Å². The van der Waals surface area contributed by atoms with Crippen LogP contribution >= 0.6 is 35.3 Å². The third-order valence-corrected chi connectivity index (χ3v) is 6.17. The Morgan fingerprint density at radius 2 is 1.93 bits per heavy atom. The number of nitrogens with one attached hydrogen (secondary N) is 2. The molecular weight excluding hydrogens is 507 g/mol. The molecule has 1 aromatic carbocycles. The molecule has 0 amide bonds. The summed E-state index contributed by atoms with van der Waals surface area (Å²) in [5, 5.41) is 5.29. The molecule has 2 rings (SSSR count). The lowest BCUT2D eigenvalue weighted by Crippen LogP contribution is -2.40. The fourth-order valence-corrected chi connectivity index (χ4v) is 4.00. The van der Waals surface area contributed by atoms with Gasteiger partial charge in [-0.25, -0.2) is 13.1 Å². The first-order valence-corrected chi connectivity index (χ1v) is 11.6. The van der Waals surface area contributed by atoms with Crippen molar-refractivity contribution in [2.24, 2.45) is 4.99 Å². The Kier molecular flexibility index (Phi) is 11.7. The molecule has 1 aromatic heterocycles. The van der Waals surface area contributed by atoms with Gasteiger partial charge >= 0.3 is 0 Å². The SMILES string of the molecule is CCNC(=NCCS(=O)(=O)NCc1ccccc1)N(C)CCc1cccs1.I. The monoisotopic (exact) mass is 536 g/mol. The zero-order chi connectivity index (χ0) is 19.5. The van der Waals surface area contributed by atoms with Gasteiger partial charge in [-0.3, -0.25) is 4.99 Å². The number of hydrogen-bond donors (Lipinski definition) is 2. The Bertz CT molecular complexity index is 797. The van der Waals surface area contributed by atoms with Crippen molar-refractivity contribution < 1.29 is 8.42 Å². The highest BCUT2D eigenvalue weighted by Crippen LogP contribution is 2.09. The summed E-state index contributed by atoms with van der Waals surface area (Å²) < 4.78 is 27.0. The molecule has 156 valence electrons. The maximum absolute atomic E-state index is 12.2. The average molecular weight is 537 g/mol. The van der Waals surface area contributed by atoms with Crippen molar-refractivity contribution >= 4 is 51.3 Å². The lowest BCUT2D eigenvalue weighted by atomic mass is 10.2. The van der Waals surface area contributed by atoms with Crippen molar-refractivity contribution in [1.29, 1.82) is 0 Å². The number of likely N-dealkylation sites (N-methyl/N-ethyl adjacent to an activating group) is 1. The molecule has 1 heterocycles. The predicted octanol–water partition coefficient (Wildman–Crippen LogP) is 2.93. The first kappa shape index (κ1) is 24.9. The first-order valence-electron chi connectivity index (χ1n) is 9.03. The van der Waals surface area contributed by atoms with Crippen LogP contribution in [0.4, 0.5) is 0 Å². The summed E-state index contributed by atoms with van der Waals surface area (Å²) in [6, 6.07) is 13.6. The first-order chi connectivity index (χ1) is 13.0. The van der Waals surface area contributed by atoms with Gasteiger partial charge in [-0.05, 0) is 30.4 Å². The minimum absolute atomic E-state index is 0. The summed E-state index contributed by atoms with van der Waals surface area (Å²) in [5.41, 5.74) is 0.936. The highest BCUT2D eigenvalue weighted by atomic mass is 127. The highest BCUT2D eigenvalue weighted by Gasteiger charge is 2.11. The minimum Gasteiger partial charge on any atom is -0.357 e. The number of guanidine groups is 1. The molecule has 0 spiro atoms. The smallest absolute Gasteiger partial charge is 0.213 e. The van der Waals surface area contributed by atoms with E-state index in [2.05, 4.69) is 26.5 Å². The topological polar surface area (TPSA) is 73.8 Å². The van der Waals surface area contributed by atoms with Crippen LogP contribution in [0.2, 0.25) is 0 Å². The standard InChI is InChI=1S/C19H28N4O2S2.HI/c1-3-20-19(23(2)13-11-18-10-7-14-26-18)21-12-15-27(24,25)22-16-17-8-5-4-6-9-17;/h4-10,14,22H,3,11-13,15-16H2,1-2H3,(H,20,21);1H. The van der Waals surface area contributed by atoms with Crippen LogP contribution < -0.4 is 10.0 Å². The van der Waals surface area contributed by atoms with E-state index in [0.29, 0.717) is 6.54 Å². The molecule has 0 aliphatic rings. The molecule has 0 saturated heterocycles. The average Bonchev–Trinajstić information content (AvgIpc) is 3.18. The number of halogens is 1. The van der Waals surface area contributed by atoms with Crippen molar-refractivity contribution in [1.82, 2.24) is 14.9 Å². The third kappa shape index (κ3) is 9.35. The maximum Gasteiger partial charge on any atom is 0.213 e. The molecule has 0 unspecified atom stereocenters. The summed E-state index contributed by atoms with van der Waals surface area (Å²) in [4.78, 5) is 7.83. The second-order valence-corrected chi connectivity index (χ2v) is 9.07. The van der Waals surface area contributed by atoms with Gasteiger partial charge in [0.1, 0.15) is 0 Å². The number of aliphatic imine (C=N–C) groups is 1. The van der Waals surface area contributed by atoms with E-state index in [4.69, 9.17) is 0 Å². The fourth-order valence-electron chi connectivity index (χ4n) is 2.44. The predicted molar refractivity (Wildman–Crippen MR) is 129 cm³/mol. The molecule has 28 heavy (non-hydrogen) atoms. The molecule has 0 atom stereocenters. The minimum atomic E-state index is -3.37. The van der Waals surface area contributed by atoms with Crippen LogP contribution in [0.15, 0.2) is 52.8 Å². The number of thiophene rings is 1. The Labute approximate surface area is 189 Å². The van der Waals surface area contributed by atoms with Crippen LogP contribution in [-0.2, 0) is 23.0 Å². The second kappa shape index (κ2) is 13.1. The quantitative estimate of drug-likeness (QED) is 0.278. The van der Waals surface area contributed by atoms with Crippen LogP contribution in [0.1, 0.15) is 17.4 Å². The molecule has 0 bridgehead atoms. The summed E-state index contributed by atoms with van der Waals surface area (Å²) >= 11 is 1.74. The molecule has 2 aromatic rings. The van der Waals surface area contributed by atoms with Gasteiger partial charge in [-0.2, -0.15) is 0 Å². The number of rotatable bonds is 10. The zero-order valence-corrected chi connectivity index (χ0v) is 20.3. The molecule has 0 radical (unpaired) electrons. The molecule has 2 N–H and O–H groups in total. The summed E-state index contributed by atoms with van der Waals surface area (Å²) in [6.07, 6.45) is 0.940. The van der Waals surface area contributed by atoms with E-state index in [-0.39, 0.29) is 36.3 Å². The Morgan fingerprint density at radius 1 is 1.18 bits per heavy atom. The van der Waals surface area contributed by atoms with Crippen molar-refractivity contribution in [2.45, 2.75) is 19.9 Å². The van der Waals surface area contributed by atoms with Crippen LogP contribution in [0.5, 0.6) is 0 Å². The number of benzene rings is 1. The highest BCUT2D eigenvalue weighted by molar-refractivity contribution is 14.0. The van der Waals surface area contributed by atoms with E-state index in [0.717, 1.165) is 31.0 Å². The van der Waals surface area contributed by atoms with Gasteiger partial charge in [-0.1, -0.05) is 36.4 Å². The summed E-state index contributed by atoms with van der Waals surface area (Å²) in [6.45, 7) is 4.08. The zero-order valence-electron chi connectivity index (χ0n) is 16.3. The van der Waals surface area contributed by atoms with Gasteiger partial charge in [0.05, 0.1) is 12.3 Å². The van der Waals surface area contributed by atoms with E-state index in [1.54, 1.807) is 11.3 Å². The largest absolute Gasteiger partial charge is 0.357 e. The molecule has 0 aliphatic carbocycles. The Morgan fingerprint density at radius 3 is 2.57 bits per heavy atom. The second-order valence-electron chi connectivity index (χ2n) is 6.11. The number of hydrogen-bond acceptors (Lipinski definition) is 4. The van der Waals surface area contributed by atoms with Gasteiger partial charge in [-0.15, -0.1) is 35.3 Å². The van der Waals surface area contributed by atoms with Gasteiger partial charge in [0.15, 0.2) is 5.96 Å². The maximum atomic E-state index is 12.2. The summed E-state index contributed by atoms with van der Waals surface area (Å²) in [7, 11) is -1.40. The van der Waals surface area contributed by atoms with Gasteiger partial charge in [0.2, 0.25) is 10.0 Å². The van der Waals surface area contributed by atoms with E-state index in [9.17, 15) is 8.42 Å². The van der Waals surface area contributed by atoms with E-state index in [1.807, 2.05) is 55.3 Å². The molecule has 0 fully saturated rings. The lowest BCUT2D eigenvalue weighted by Gasteiger charge is -2.21. The summed E-state index contributed by atoms with van der Waals surface area (Å²) in [5.74, 6) is 0.695. The fraction of sp³-hybridized carbons (Fsp3) is 0.421. The van der Waals surface area contributed by atoms with Gasteiger partial charge in [0.25, 0.3) is 0 Å². The Hall–Kier alpha value is -1.17. The van der Waals surface area contributed by atoms with Crippen molar-refractivity contribution in [2.75, 3.05) is 32.4 Å². The number of sulfonamides is 1. The van der Waals surface area contributed by atoms with Gasteiger partial charge in [0, 0.05) is 31.6 Å². The van der Waals surface area contributed by atoms with Crippen LogP contribution in [0, 0.1) is 0 Å². The van der Waals surface area contributed by atoms with Crippen molar-refractivity contribution in [3.63, 3.8) is 0 Å². The van der Waals surface area contributed by atoms with Crippen molar-refractivity contribution in [3.05, 3.63) is 58.3 Å². The normalized spacial score (nSPS) is 11.7. The molecule has 6 nitrogen and oxygen atoms in total. The van der Waals surface area contributed by atoms with Crippen LogP contribution in [-0.4, -0.2) is 51.7 Å². The Balaban J connectivity index is 0.00000392. The van der Waals surface area contributed by atoms with Crippen LogP contribution in [0.3, 0.4) is 0 Å². The van der Waals surface area contributed by atoms with Crippen LogP contribution in [0.25, 0.3) is 0 Å². The van der Waals surface area contributed by atoms with E-state index < -0.39 is 10.0 Å². The number of nitrogens with zero attached hydrogens (tertiary/aromatic N) is 2. The molecule has 0 saturated carbocycles. The molecule has 0 aliphatic heterocycles. The van der Waals surface area contributed by atoms with E-state index in [1.165, 1.54) is 4.88 Å². The lowest BCUT2D eigenvalue weighted by molar-refractivity contribution is 0.487. The van der Waals surface area contributed by atoms with E-state index >= 15 is 0 Å². The third-order valence-electron chi connectivity index (χ3n) is 3.93. The van der Waals surface area contributed by atoms with Gasteiger partial charge < -0.3 is 10.2 Å².